The Kier molecular flexibility index (Phi) is 7.18. The van der Waals surface area contributed by atoms with Gasteiger partial charge in [0.25, 0.3) is 11.7 Å². The minimum atomic E-state index is -0.674. The fourth-order valence-electron chi connectivity index (χ4n) is 3.53. The van der Waals surface area contributed by atoms with Gasteiger partial charge in [-0.2, -0.15) is 0 Å². The first kappa shape index (κ1) is 23.0. The van der Waals surface area contributed by atoms with E-state index in [-0.39, 0.29) is 17.4 Å². The van der Waals surface area contributed by atoms with Gasteiger partial charge >= 0.3 is 0 Å². The summed E-state index contributed by atoms with van der Waals surface area (Å²) in [5.41, 5.74) is 1.33. The molecular formula is C24H27BrN2O4. The quantitative estimate of drug-likeness (QED) is 0.360. The van der Waals surface area contributed by atoms with Crippen molar-refractivity contribution >= 4 is 33.4 Å². The monoisotopic (exact) mass is 486 g/mol. The van der Waals surface area contributed by atoms with Gasteiger partial charge in [0.1, 0.15) is 11.5 Å². The molecule has 0 saturated carbocycles. The molecular weight excluding hydrogens is 460 g/mol. The predicted molar refractivity (Wildman–Crippen MR) is 124 cm³/mol. The molecule has 0 radical (unpaired) electrons. The van der Waals surface area contributed by atoms with E-state index in [2.05, 4.69) is 15.9 Å². The molecule has 1 aliphatic rings. The summed E-state index contributed by atoms with van der Waals surface area (Å²) in [6, 6.07) is 13.7. The molecule has 31 heavy (non-hydrogen) atoms. The van der Waals surface area contributed by atoms with E-state index in [1.807, 2.05) is 57.1 Å². The number of nitrogens with zero attached hydrogens (tertiary/aromatic N) is 2. The molecule has 1 atom stereocenters. The second-order valence-electron chi connectivity index (χ2n) is 8.04. The van der Waals surface area contributed by atoms with Crippen molar-refractivity contribution in [2.24, 2.45) is 0 Å². The van der Waals surface area contributed by atoms with Crippen molar-refractivity contribution in [3.05, 3.63) is 69.7 Å². The van der Waals surface area contributed by atoms with Gasteiger partial charge in [0.15, 0.2) is 0 Å². The van der Waals surface area contributed by atoms with Crippen LogP contribution in [0, 0.1) is 0 Å². The fourth-order valence-corrected chi connectivity index (χ4v) is 3.79. The molecule has 1 heterocycles. The summed E-state index contributed by atoms with van der Waals surface area (Å²) in [4.78, 5) is 29.3. The van der Waals surface area contributed by atoms with Crippen LogP contribution in [0.15, 0.2) is 58.6 Å². The number of benzene rings is 2. The number of likely N-dealkylation sites (tertiary alicyclic amines) is 1. The standard InChI is InChI=1S/C24H27BrN2O4/c1-15(2)31-19-11-7-17(8-12-19)22(28)20-21(16-5-9-18(25)10-6-16)27(14-13-26(3)4)24(30)23(20)29/h5-12,15,21,28H,13-14H2,1-4H3/b22-20+/t21-/m1/s1. The van der Waals surface area contributed by atoms with E-state index >= 15 is 0 Å². The number of likely N-dealkylation sites (N-methyl/N-ethyl adjacent to an activating group) is 1. The van der Waals surface area contributed by atoms with Gasteiger partial charge in [-0.3, -0.25) is 9.59 Å². The third-order valence-electron chi connectivity index (χ3n) is 5.01. The van der Waals surface area contributed by atoms with E-state index in [0.29, 0.717) is 24.4 Å². The third kappa shape index (κ3) is 5.17. The number of Topliss-reactive ketones (excluding diaryl/α,β-unsaturated/α-hetero) is 1. The Morgan fingerprint density at radius 1 is 1.10 bits per heavy atom. The van der Waals surface area contributed by atoms with Crippen molar-refractivity contribution < 1.29 is 19.4 Å². The minimum Gasteiger partial charge on any atom is -0.507 e. The number of ether oxygens (including phenoxy) is 1. The van der Waals surface area contributed by atoms with Crippen LogP contribution >= 0.6 is 15.9 Å². The summed E-state index contributed by atoms with van der Waals surface area (Å²) in [7, 11) is 3.82. The highest BCUT2D eigenvalue weighted by molar-refractivity contribution is 9.10. The molecule has 2 aromatic carbocycles. The van der Waals surface area contributed by atoms with Gasteiger partial charge in [0, 0.05) is 23.1 Å². The molecule has 1 amide bonds. The summed E-state index contributed by atoms with van der Waals surface area (Å²) >= 11 is 3.42. The highest BCUT2D eigenvalue weighted by Crippen LogP contribution is 2.39. The SMILES string of the molecule is CC(C)Oc1ccc(/C(O)=C2\C(=O)C(=O)N(CCN(C)C)[C@@H]2c2ccc(Br)cc2)cc1. The number of carbonyl (C=O) groups excluding carboxylic acids is 2. The van der Waals surface area contributed by atoms with E-state index < -0.39 is 17.7 Å². The zero-order valence-electron chi connectivity index (χ0n) is 18.1. The molecule has 0 aromatic heterocycles. The lowest BCUT2D eigenvalue weighted by Gasteiger charge is -2.26. The van der Waals surface area contributed by atoms with Gasteiger partial charge in [0.05, 0.1) is 17.7 Å². The number of carbonyl (C=O) groups is 2. The minimum absolute atomic E-state index is 0.0267. The van der Waals surface area contributed by atoms with E-state index in [0.717, 1.165) is 10.0 Å². The van der Waals surface area contributed by atoms with Gasteiger partial charge in [-0.05, 0) is 69.9 Å². The number of rotatable bonds is 7. The summed E-state index contributed by atoms with van der Waals surface area (Å²) in [6.07, 6.45) is 0.0267. The van der Waals surface area contributed by atoms with Gasteiger partial charge in [-0.15, -0.1) is 0 Å². The Morgan fingerprint density at radius 2 is 1.71 bits per heavy atom. The Balaban J connectivity index is 2.06. The molecule has 164 valence electrons. The Labute approximate surface area is 191 Å². The van der Waals surface area contributed by atoms with E-state index in [4.69, 9.17) is 4.74 Å². The number of halogens is 1. The topological polar surface area (TPSA) is 70.1 Å². The third-order valence-corrected chi connectivity index (χ3v) is 5.54. The number of amides is 1. The predicted octanol–water partition coefficient (Wildman–Crippen LogP) is 4.22. The molecule has 7 heteroatoms. The van der Waals surface area contributed by atoms with Crippen LogP contribution in [0.4, 0.5) is 0 Å². The number of hydrogen-bond donors (Lipinski definition) is 1. The number of ketones is 1. The van der Waals surface area contributed by atoms with E-state index in [1.54, 1.807) is 24.3 Å². The zero-order valence-corrected chi connectivity index (χ0v) is 19.7. The molecule has 1 fully saturated rings. The number of aliphatic hydroxyl groups is 1. The second-order valence-corrected chi connectivity index (χ2v) is 8.95. The molecule has 2 aromatic rings. The van der Waals surface area contributed by atoms with Gasteiger partial charge in [-0.1, -0.05) is 28.1 Å². The molecule has 1 saturated heterocycles. The molecule has 1 N–H and O–H groups in total. The summed E-state index contributed by atoms with van der Waals surface area (Å²) in [5.74, 6) is -0.792. The summed E-state index contributed by atoms with van der Waals surface area (Å²) in [5, 5.41) is 11.1. The van der Waals surface area contributed by atoms with Crippen LogP contribution in [-0.4, -0.2) is 59.9 Å². The van der Waals surface area contributed by atoms with Crippen molar-refractivity contribution in [3.63, 3.8) is 0 Å². The number of aliphatic hydroxyl groups excluding tert-OH is 1. The van der Waals surface area contributed by atoms with Gasteiger partial charge in [-0.25, -0.2) is 0 Å². The summed E-state index contributed by atoms with van der Waals surface area (Å²) in [6.45, 7) is 4.83. The Bertz CT molecular complexity index is 982. The van der Waals surface area contributed by atoms with E-state index in [9.17, 15) is 14.7 Å². The van der Waals surface area contributed by atoms with Crippen LogP contribution in [0.25, 0.3) is 5.76 Å². The lowest BCUT2D eigenvalue weighted by atomic mass is 9.95. The molecule has 3 rings (SSSR count). The lowest BCUT2D eigenvalue weighted by Crippen LogP contribution is -2.35. The molecule has 0 unspecified atom stereocenters. The molecule has 1 aliphatic heterocycles. The largest absolute Gasteiger partial charge is 0.507 e. The average molecular weight is 487 g/mol. The highest BCUT2D eigenvalue weighted by Gasteiger charge is 2.45. The first-order valence-electron chi connectivity index (χ1n) is 10.1. The van der Waals surface area contributed by atoms with Crippen LogP contribution < -0.4 is 4.74 Å². The molecule has 6 nitrogen and oxygen atoms in total. The Morgan fingerprint density at radius 3 is 2.26 bits per heavy atom. The smallest absolute Gasteiger partial charge is 0.295 e. The van der Waals surface area contributed by atoms with Gasteiger partial charge < -0.3 is 19.6 Å². The van der Waals surface area contributed by atoms with Crippen LogP contribution in [0.5, 0.6) is 5.75 Å². The molecule has 0 aliphatic carbocycles. The molecule has 0 bridgehead atoms. The van der Waals surface area contributed by atoms with Crippen molar-refractivity contribution in [3.8, 4) is 5.75 Å². The van der Waals surface area contributed by atoms with Gasteiger partial charge in [0.2, 0.25) is 0 Å². The Hall–Kier alpha value is -2.64. The first-order valence-corrected chi connectivity index (χ1v) is 10.9. The zero-order chi connectivity index (χ0) is 22.7. The second kappa shape index (κ2) is 9.66. The molecule has 0 spiro atoms. The van der Waals surface area contributed by atoms with Crippen molar-refractivity contribution in [2.75, 3.05) is 27.2 Å². The van der Waals surface area contributed by atoms with Crippen LogP contribution in [-0.2, 0) is 9.59 Å². The van der Waals surface area contributed by atoms with Crippen molar-refractivity contribution in [2.45, 2.75) is 26.0 Å². The van der Waals surface area contributed by atoms with Crippen LogP contribution in [0.2, 0.25) is 0 Å². The maximum Gasteiger partial charge on any atom is 0.295 e. The average Bonchev–Trinajstić information content (AvgIpc) is 2.97. The van der Waals surface area contributed by atoms with Crippen molar-refractivity contribution in [1.29, 1.82) is 0 Å². The van der Waals surface area contributed by atoms with Crippen LogP contribution in [0.1, 0.15) is 31.0 Å². The fraction of sp³-hybridized carbons (Fsp3) is 0.333. The summed E-state index contributed by atoms with van der Waals surface area (Å²) < 4.78 is 6.54. The van der Waals surface area contributed by atoms with Crippen LogP contribution in [0.3, 0.4) is 0 Å². The lowest BCUT2D eigenvalue weighted by molar-refractivity contribution is -0.140. The maximum absolute atomic E-state index is 13.0. The van der Waals surface area contributed by atoms with Crippen molar-refractivity contribution in [1.82, 2.24) is 9.80 Å². The maximum atomic E-state index is 13.0. The first-order chi connectivity index (χ1) is 14.7. The van der Waals surface area contributed by atoms with E-state index in [1.165, 1.54) is 4.90 Å². The highest BCUT2D eigenvalue weighted by atomic mass is 79.9. The normalized spacial score (nSPS) is 18.3. The number of hydrogen-bond acceptors (Lipinski definition) is 5.